The van der Waals surface area contributed by atoms with Crippen LogP contribution in [0.1, 0.15) is 19.4 Å². The quantitative estimate of drug-likeness (QED) is 0.618. The zero-order chi connectivity index (χ0) is 9.52. The van der Waals surface area contributed by atoms with E-state index in [1.54, 1.807) is 0 Å². The fraction of sp³-hybridized carbons (Fsp3) is 0.250. The van der Waals surface area contributed by atoms with Gasteiger partial charge in [-0.15, -0.1) is 0 Å². The van der Waals surface area contributed by atoms with E-state index in [0.717, 1.165) is 6.54 Å². The molecule has 1 aromatic carbocycles. The smallest absolute Gasteiger partial charge is 0.0646 e. The molecule has 1 nitrogen and oxygen atoms in total. The zero-order valence-electron chi connectivity index (χ0n) is 8.20. The summed E-state index contributed by atoms with van der Waals surface area (Å²) >= 11 is 0. The maximum atomic E-state index is 4.12. The standard InChI is InChI=1S/C10H9N.C2H6/c1-2-4-9(5-3-1)10-6-7-11-8-10;1-2/h1-7H,8H2;1-2H3. The minimum Gasteiger partial charge on any atom is -0.288 e. The van der Waals surface area contributed by atoms with Gasteiger partial charge in [0.2, 0.25) is 0 Å². The molecule has 0 atom stereocenters. The lowest BCUT2D eigenvalue weighted by Crippen LogP contribution is -1.82. The van der Waals surface area contributed by atoms with Gasteiger partial charge in [0.15, 0.2) is 0 Å². The van der Waals surface area contributed by atoms with Crippen molar-refractivity contribution in [2.45, 2.75) is 13.8 Å². The molecule has 0 aliphatic carbocycles. The highest BCUT2D eigenvalue weighted by atomic mass is 14.7. The van der Waals surface area contributed by atoms with Crippen LogP contribution >= 0.6 is 0 Å². The first-order chi connectivity index (χ1) is 6.47. The first kappa shape index (κ1) is 9.72. The summed E-state index contributed by atoms with van der Waals surface area (Å²) in [4.78, 5) is 4.12. The molecule has 13 heavy (non-hydrogen) atoms. The van der Waals surface area contributed by atoms with Gasteiger partial charge in [-0.3, -0.25) is 4.99 Å². The average molecular weight is 173 g/mol. The molecule has 0 amide bonds. The van der Waals surface area contributed by atoms with Crippen molar-refractivity contribution in [1.82, 2.24) is 0 Å². The van der Waals surface area contributed by atoms with Gasteiger partial charge in [0.05, 0.1) is 6.54 Å². The van der Waals surface area contributed by atoms with E-state index in [-0.39, 0.29) is 0 Å². The summed E-state index contributed by atoms with van der Waals surface area (Å²) in [7, 11) is 0. The Balaban J connectivity index is 0.000000396. The Morgan fingerprint density at radius 1 is 1.08 bits per heavy atom. The molecule has 1 heterocycles. The molecule has 0 radical (unpaired) electrons. The van der Waals surface area contributed by atoms with Crippen LogP contribution in [-0.2, 0) is 0 Å². The van der Waals surface area contributed by atoms with Crippen LogP contribution in [0.3, 0.4) is 0 Å². The number of allylic oxidation sites excluding steroid dienone is 1. The van der Waals surface area contributed by atoms with Crippen LogP contribution in [0.4, 0.5) is 0 Å². The molecule has 68 valence electrons. The molecule has 0 aromatic heterocycles. The van der Waals surface area contributed by atoms with Crippen molar-refractivity contribution >= 4 is 11.8 Å². The van der Waals surface area contributed by atoms with E-state index in [1.807, 2.05) is 26.1 Å². The van der Waals surface area contributed by atoms with E-state index in [9.17, 15) is 0 Å². The molecule has 0 unspecified atom stereocenters. The molecule has 1 heteroatoms. The fourth-order valence-corrected chi connectivity index (χ4v) is 1.19. The molecule has 1 aromatic rings. The van der Waals surface area contributed by atoms with Gasteiger partial charge in [0.1, 0.15) is 0 Å². The summed E-state index contributed by atoms with van der Waals surface area (Å²) in [5.74, 6) is 0. The lowest BCUT2D eigenvalue weighted by molar-refractivity contribution is 1.30. The first-order valence-electron chi connectivity index (χ1n) is 4.71. The van der Waals surface area contributed by atoms with E-state index in [0.29, 0.717) is 0 Å². The molecule has 2 rings (SSSR count). The molecule has 0 spiro atoms. The Kier molecular flexibility index (Phi) is 3.97. The van der Waals surface area contributed by atoms with Gasteiger partial charge in [-0.1, -0.05) is 44.2 Å². The van der Waals surface area contributed by atoms with E-state index >= 15 is 0 Å². The minimum absolute atomic E-state index is 0.837. The molecule has 0 N–H and O–H groups in total. The van der Waals surface area contributed by atoms with Gasteiger partial charge >= 0.3 is 0 Å². The van der Waals surface area contributed by atoms with Crippen molar-refractivity contribution in [2.24, 2.45) is 4.99 Å². The third-order valence-electron chi connectivity index (χ3n) is 1.79. The van der Waals surface area contributed by atoms with Crippen molar-refractivity contribution in [2.75, 3.05) is 6.54 Å². The summed E-state index contributed by atoms with van der Waals surface area (Å²) in [6.07, 6.45) is 3.93. The van der Waals surface area contributed by atoms with Gasteiger partial charge in [0, 0.05) is 6.21 Å². The molecule has 0 saturated carbocycles. The summed E-state index contributed by atoms with van der Waals surface area (Å²) in [6, 6.07) is 10.4. The molecule has 0 bridgehead atoms. The highest BCUT2D eigenvalue weighted by molar-refractivity contribution is 5.89. The summed E-state index contributed by atoms with van der Waals surface area (Å²) < 4.78 is 0. The topological polar surface area (TPSA) is 12.4 Å². The van der Waals surface area contributed by atoms with Crippen LogP contribution in [0.2, 0.25) is 0 Å². The van der Waals surface area contributed by atoms with E-state index < -0.39 is 0 Å². The highest BCUT2D eigenvalue weighted by Gasteiger charge is 2.00. The van der Waals surface area contributed by atoms with Crippen LogP contribution < -0.4 is 0 Å². The lowest BCUT2D eigenvalue weighted by atomic mass is 10.1. The minimum atomic E-state index is 0.837. The number of rotatable bonds is 1. The number of nitrogens with zero attached hydrogens (tertiary/aromatic N) is 1. The first-order valence-corrected chi connectivity index (χ1v) is 4.71. The second-order valence-electron chi connectivity index (χ2n) is 2.55. The van der Waals surface area contributed by atoms with Crippen molar-refractivity contribution < 1.29 is 0 Å². The Labute approximate surface area is 79.8 Å². The Morgan fingerprint density at radius 2 is 1.77 bits per heavy atom. The second kappa shape index (κ2) is 5.31. The Morgan fingerprint density at radius 3 is 2.31 bits per heavy atom. The second-order valence-corrected chi connectivity index (χ2v) is 2.55. The van der Waals surface area contributed by atoms with Gasteiger partial charge in [-0.05, 0) is 17.2 Å². The zero-order valence-corrected chi connectivity index (χ0v) is 8.20. The summed E-state index contributed by atoms with van der Waals surface area (Å²) in [5.41, 5.74) is 2.59. The summed E-state index contributed by atoms with van der Waals surface area (Å²) in [5, 5.41) is 0. The summed E-state index contributed by atoms with van der Waals surface area (Å²) in [6.45, 7) is 4.84. The third-order valence-corrected chi connectivity index (χ3v) is 1.79. The van der Waals surface area contributed by atoms with E-state index in [2.05, 4.69) is 35.3 Å². The molecule has 0 fully saturated rings. The van der Waals surface area contributed by atoms with Crippen molar-refractivity contribution in [1.29, 1.82) is 0 Å². The molecule has 1 aliphatic heterocycles. The SMILES string of the molecule is C1=NCC(c2ccccc2)=C1.CC. The van der Waals surface area contributed by atoms with Crippen molar-refractivity contribution in [3.05, 3.63) is 42.0 Å². The predicted octanol–water partition coefficient (Wildman–Crippen LogP) is 3.18. The molecule has 0 saturated heterocycles. The van der Waals surface area contributed by atoms with Crippen LogP contribution in [0, 0.1) is 0 Å². The Hall–Kier alpha value is -1.37. The fourth-order valence-electron chi connectivity index (χ4n) is 1.19. The number of benzene rings is 1. The van der Waals surface area contributed by atoms with Crippen LogP contribution in [0.15, 0.2) is 41.4 Å². The maximum absolute atomic E-state index is 4.12. The average Bonchev–Trinajstić information content (AvgIpc) is 2.75. The molecule has 1 aliphatic rings. The van der Waals surface area contributed by atoms with Crippen molar-refractivity contribution in [3.63, 3.8) is 0 Å². The molecular formula is C12H15N. The number of hydrogen-bond donors (Lipinski definition) is 0. The largest absolute Gasteiger partial charge is 0.288 e. The monoisotopic (exact) mass is 173 g/mol. The van der Waals surface area contributed by atoms with Crippen LogP contribution in [0.25, 0.3) is 5.57 Å². The van der Waals surface area contributed by atoms with Gasteiger partial charge in [-0.25, -0.2) is 0 Å². The maximum Gasteiger partial charge on any atom is 0.0646 e. The predicted molar refractivity (Wildman–Crippen MR) is 59.1 cm³/mol. The van der Waals surface area contributed by atoms with E-state index in [1.165, 1.54) is 11.1 Å². The van der Waals surface area contributed by atoms with Crippen LogP contribution in [0.5, 0.6) is 0 Å². The normalized spacial score (nSPS) is 13.2. The Bertz CT molecular complexity index is 296. The van der Waals surface area contributed by atoms with Gasteiger partial charge in [-0.2, -0.15) is 0 Å². The van der Waals surface area contributed by atoms with Gasteiger partial charge < -0.3 is 0 Å². The lowest BCUT2D eigenvalue weighted by Gasteiger charge is -1.98. The van der Waals surface area contributed by atoms with Crippen LogP contribution in [-0.4, -0.2) is 12.8 Å². The van der Waals surface area contributed by atoms with Crippen molar-refractivity contribution in [3.8, 4) is 0 Å². The van der Waals surface area contributed by atoms with Gasteiger partial charge in [0.25, 0.3) is 0 Å². The highest BCUT2D eigenvalue weighted by Crippen LogP contribution is 2.15. The van der Waals surface area contributed by atoms with E-state index in [4.69, 9.17) is 0 Å². The number of aliphatic imine (C=N–C) groups is 1. The third kappa shape index (κ3) is 2.55. The number of hydrogen-bond acceptors (Lipinski definition) is 1. The molecular weight excluding hydrogens is 158 g/mol.